The van der Waals surface area contributed by atoms with Crippen LogP contribution in [0.3, 0.4) is 0 Å². The quantitative estimate of drug-likeness (QED) is 0.819. The number of benzene rings is 2. The van der Waals surface area contributed by atoms with Crippen molar-refractivity contribution >= 4 is 11.4 Å². The Bertz CT molecular complexity index is 549. The van der Waals surface area contributed by atoms with Gasteiger partial charge in [0.05, 0.1) is 0 Å². The molecule has 0 radical (unpaired) electrons. The zero-order valence-electron chi connectivity index (χ0n) is 11.3. The average molecular weight is 258 g/mol. The third-order valence-electron chi connectivity index (χ3n) is 3.11. The molecule has 0 amide bonds. The SMILES string of the molecule is Cc1cc(N)ccc1NC(C)Cc1ccc(F)cc1. The van der Waals surface area contributed by atoms with E-state index in [1.54, 1.807) is 0 Å². The van der Waals surface area contributed by atoms with Crippen LogP contribution < -0.4 is 11.1 Å². The van der Waals surface area contributed by atoms with Crippen LogP contribution >= 0.6 is 0 Å². The molecule has 0 spiro atoms. The number of halogens is 1. The minimum Gasteiger partial charge on any atom is -0.399 e. The van der Waals surface area contributed by atoms with Crippen molar-refractivity contribution in [3.05, 3.63) is 59.4 Å². The second-order valence-corrected chi connectivity index (χ2v) is 4.95. The molecule has 2 nitrogen and oxygen atoms in total. The summed E-state index contributed by atoms with van der Waals surface area (Å²) in [4.78, 5) is 0. The van der Waals surface area contributed by atoms with E-state index in [0.29, 0.717) is 0 Å². The Hall–Kier alpha value is -2.03. The van der Waals surface area contributed by atoms with Crippen LogP contribution in [0, 0.1) is 12.7 Å². The van der Waals surface area contributed by atoms with E-state index >= 15 is 0 Å². The van der Waals surface area contributed by atoms with E-state index in [4.69, 9.17) is 5.73 Å². The van der Waals surface area contributed by atoms with Crippen molar-refractivity contribution < 1.29 is 4.39 Å². The standard InChI is InChI=1S/C16H19FN2/c1-11-9-15(18)7-8-16(11)19-12(2)10-13-3-5-14(17)6-4-13/h3-9,12,19H,10,18H2,1-2H3. The molecule has 0 bridgehead atoms. The predicted molar refractivity (Wildman–Crippen MR) is 78.8 cm³/mol. The van der Waals surface area contributed by atoms with Crippen LogP contribution in [0.2, 0.25) is 0 Å². The lowest BCUT2D eigenvalue weighted by Crippen LogP contribution is -2.18. The fourth-order valence-electron chi connectivity index (χ4n) is 2.14. The van der Waals surface area contributed by atoms with Gasteiger partial charge in [0.1, 0.15) is 5.82 Å². The zero-order chi connectivity index (χ0) is 13.8. The third kappa shape index (κ3) is 3.71. The molecule has 0 heterocycles. The first-order valence-electron chi connectivity index (χ1n) is 6.41. The van der Waals surface area contributed by atoms with Gasteiger partial charge in [-0.05, 0) is 61.7 Å². The summed E-state index contributed by atoms with van der Waals surface area (Å²) in [5.74, 6) is -0.196. The number of aryl methyl sites for hydroxylation is 1. The van der Waals surface area contributed by atoms with Gasteiger partial charge in [-0.3, -0.25) is 0 Å². The van der Waals surface area contributed by atoms with Crippen LogP contribution in [-0.4, -0.2) is 6.04 Å². The molecule has 19 heavy (non-hydrogen) atoms. The van der Waals surface area contributed by atoms with Crippen molar-refractivity contribution in [3.63, 3.8) is 0 Å². The summed E-state index contributed by atoms with van der Waals surface area (Å²) >= 11 is 0. The van der Waals surface area contributed by atoms with Crippen molar-refractivity contribution in [2.75, 3.05) is 11.1 Å². The Morgan fingerprint density at radius 2 is 1.84 bits per heavy atom. The molecule has 0 aliphatic carbocycles. The fourth-order valence-corrected chi connectivity index (χ4v) is 2.14. The van der Waals surface area contributed by atoms with E-state index in [0.717, 1.165) is 28.9 Å². The van der Waals surface area contributed by atoms with Crippen molar-refractivity contribution in [2.45, 2.75) is 26.3 Å². The summed E-state index contributed by atoms with van der Waals surface area (Å²) in [5.41, 5.74) is 9.84. The van der Waals surface area contributed by atoms with Gasteiger partial charge in [-0.15, -0.1) is 0 Å². The molecule has 0 saturated carbocycles. The van der Waals surface area contributed by atoms with E-state index < -0.39 is 0 Å². The van der Waals surface area contributed by atoms with Gasteiger partial charge in [-0.2, -0.15) is 0 Å². The second-order valence-electron chi connectivity index (χ2n) is 4.95. The van der Waals surface area contributed by atoms with E-state index in [1.807, 2.05) is 37.3 Å². The summed E-state index contributed by atoms with van der Waals surface area (Å²) in [6.45, 7) is 4.14. The molecule has 2 aromatic carbocycles. The van der Waals surface area contributed by atoms with Crippen LogP contribution in [0.1, 0.15) is 18.1 Å². The average Bonchev–Trinajstić information content (AvgIpc) is 2.36. The Labute approximate surface area is 113 Å². The topological polar surface area (TPSA) is 38.0 Å². The highest BCUT2D eigenvalue weighted by molar-refractivity contribution is 5.57. The normalized spacial score (nSPS) is 12.2. The lowest BCUT2D eigenvalue weighted by Gasteiger charge is -2.17. The van der Waals surface area contributed by atoms with Crippen LogP contribution in [0.4, 0.5) is 15.8 Å². The molecule has 0 aliphatic rings. The number of anilines is 2. The van der Waals surface area contributed by atoms with Gasteiger partial charge in [-0.25, -0.2) is 4.39 Å². The monoisotopic (exact) mass is 258 g/mol. The molecule has 2 aromatic rings. The first-order valence-corrected chi connectivity index (χ1v) is 6.41. The number of nitrogens with two attached hydrogens (primary N) is 1. The van der Waals surface area contributed by atoms with Crippen molar-refractivity contribution in [1.82, 2.24) is 0 Å². The summed E-state index contributed by atoms with van der Waals surface area (Å²) in [5, 5.41) is 3.45. The maximum atomic E-state index is 12.8. The number of nitrogens with one attached hydrogen (secondary N) is 1. The van der Waals surface area contributed by atoms with Crippen LogP contribution in [0.25, 0.3) is 0 Å². The molecular weight excluding hydrogens is 239 g/mol. The van der Waals surface area contributed by atoms with Gasteiger partial charge in [0.2, 0.25) is 0 Å². The van der Waals surface area contributed by atoms with Gasteiger partial charge in [0, 0.05) is 17.4 Å². The van der Waals surface area contributed by atoms with Gasteiger partial charge < -0.3 is 11.1 Å². The highest BCUT2D eigenvalue weighted by Gasteiger charge is 2.06. The maximum absolute atomic E-state index is 12.8. The minimum atomic E-state index is -0.196. The summed E-state index contributed by atoms with van der Waals surface area (Å²) in [6.07, 6.45) is 0.851. The fraction of sp³-hybridized carbons (Fsp3) is 0.250. The molecule has 3 heteroatoms. The largest absolute Gasteiger partial charge is 0.399 e. The van der Waals surface area contributed by atoms with Crippen LogP contribution in [-0.2, 0) is 6.42 Å². The zero-order valence-corrected chi connectivity index (χ0v) is 11.3. The molecule has 3 N–H and O–H groups in total. The maximum Gasteiger partial charge on any atom is 0.123 e. The van der Waals surface area contributed by atoms with Gasteiger partial charge in [0.25, 0.3) is 0 Å². The predicted octanol–water partition coefficient (Wildman–Crippen LogP) is 3.76. The smallest absolute Gasteiger partial charge is 0.123 e. The highest BCUT2D eigenvalue weighted by atomic mass is 19.1. The van der Waals surface area contributed by atoms with E-state index in [2.05, 4.69) is 12.2 Å². The Morgan fingerprint density at radius 3 is 2.47 bits per heavy atom. The highest BCUT2D eigenvalue weighted by Crippen LogP contribution is 2.19. The Morgan fingerprint density at radius 1 is 1.16 bits per heavy atom. The molecule has 100 valence electrons. The summed E-state index contributed by atoms with van der Waals surface area (Å²) in [7, 11) is 0. The van der Waals surface area contributed by atoms with Crippen molar-refractivity contribution in [1.29, 1.82) is 0 Å². The molecule has 2 rings (SSSR count). The Balaban J connectivity index is 2.01. The molecule has 1 atom stereocenters. The first kappa shape index (κ1) is 13.4. The lowest BCUT2D eigenvalue weighted by atomic mass is 10.1. The van der Waals surface area contributed by atoms with Crippen molar-refractivity contribution in [3.8, 4) is 0 Å². The van der Waals surface area contributed by atoms with E-state index in [1.165, 1.54) is 12.1 Å². The molecule has 0 aromatic heterocycles. The summed E-state index contributed by atoms with van der Waals surface area (Å²) in [6, 6.07) is 12.7. The van der Waals surface area contributed by atoms with Gasteiger partial charge in [0.15, 0.2) is 0 Å². The number of nitrogen functional groups attached to an aromatic ring is 1. The number of rotatable bonds is 4. The molecule has 0 fully saturated rings. The second kappa shape index (κ2) is 5.74. The van der Waals surface area contributed by atoms with E-state index in [9.17, 15) is 4.39 Å². The van der Waals surface area contributed by atoms with E-state index in [-0.39, 0.29) is 11.9 Å². The summed E-state index contributed by atoms with van der Waals surface area (Å²) < 4.78 is 12.8. The molecule has 0 saturated heterocycles. The van der Waals surface area contributed by atoms with Crippen LogP contribution in [0.5, 0.6) is 0 Å². The number of hydrogen-bond acceptors (Lipinski definition) is 2. The molecule has 0 aliphatic heterocycles. The Kier molecular flexibility index (Phi) is 4.05. The molecule has 1 unspecified atom stereocenters. The lowest BCUT2D eigenvalue weighted by molar-refractivity contribution is 0.626. The third-order valence-corrected chi connectivity index (χ3v) is 3.11. The first-order chi connectivity index (χ1) is 9.04. The van der Waals surface area contributed by atoms with Crippen LogP contribution in [0.15, 0.2) is 42.5 Å². The molecular formula is C16H19FN2. The van der Waals surface area contributed by atoms with Gasteiger partial charge in [-0.1, -0.05) is 12.1 Å². The number of hydrogen-bond donors (Lipinski definition) is 2. The van der Waals surface area contributed by atoms with Gasteiger partial charge >= 0.3 is 0 Å². The minimum absolute atomic E-state index is 0.196. The van der Waals surface area contributed by atoms with Crippen molar-refractivity contribution in [2.24, 2.45) is 0 Å².